The number of nitrogens with zero attached hydrogens (tertiary/aromatic N) is 1. The molecule has 104 valence electrons. The topological polar surface area (TPSA) is 24.5 Å². The maximum atomic E-state index is 5.62. The first-order valence-corrected chi connectivity index (χ1v) is 7.47. The van der Waals surface area contributed by atoms with Crippen LogP contribution in [0.2, 0.25) is 0 Å². The van der Waals surface area contributed by atoms with E-state index in [0.29, 0.717) is 6.04 Å². The molecule has 2 atom stereocenters. The predicted octanol–water partition coefficient (Wildman–Crippen LogP) is 2.22. The fourth-order valence-electron chi connectivity index (χ4n) is 3.63. The molecular formula is C16H24N2O. The third kappa shape index (κ3) is 2.37. The molecule has 3 rings (SSSR count). The summed E-state index contributed by atoms with van der Waals surface area (Å²) in [5, 5.41) is 3.35. The van der Waals surface area contributed by atoms with Gasteiger partial charge in [0.2, 0.25) is 0 Å². The van der Waals surface area contributed by atoms with Crippen LogP contribution in [0.3, 0.4) is 0 Å². The zero-order valence-corrected chi connectivity index (χ0v) is 12.0. The molecule has 1 N–H and O–H groups in total. The van der Waals surface area contributed by atoms with Crippen LogP contribution in [0.15, 0.2) is 18.2 Å². The first-order valence-electron chi connectivity index (χ1n) is 7.47. The van der Waals surface area contributed by atoms with Crippen LogP contribution in [-0.4, -0.2) is 38.2 Å². The highest BCUT2D eigenvalue weighted by Gasteiger charge is 2.34. The standard InChI is InChI=1S/C16H24N2O/c1-3-18-8-6-14(11-17-2)16(18)13-4-5-15-12(10-13)7-9-19-15/h4-5,10,14,16-17H,3,6-9,11H2,1-2H3. The Hall–Kier alpha value is -1.06. The van der Waals surface area contributed by atoms with Crippen molar-refractivity contribution in [2.75, 3.05) is 33.3 Å². The number of benzene rings is 1. The van der Waals surface area contributed by atoms with Crippen LogP contribution in [0.5, 0.6) is 5.75 Å². The lowest BCUT2D eigenvalue weighted by Crippen LogP contribution is -2.29. The van der Waals surface area contributed by atoms with Gasteiger partial charge in [-0.15, -0.1) is 0 Å². The second-order valence-electron chi connectivity index (χ2n) is 5.65. The zero-order valence-electron chi connectivity index (χ0n) is 12.0. The normalized spacial score (nSPS) is 26.4. The number of likely N-dealkylation sites (tertiary alicyclic amines) is 1. The van der Waals surface area contributed by atoms with Crippen LogP contribution in [-0.2, 0) is 6.42 Å². The van der Waals surface area contributed by atoms with Crippen LogP contribution in [0.4, 0.5) is 0 Å². The molecule has 0 amide bonds. The van der Waals surface area contributed by atoms with Gasteiger partial charge in [-0.2, -0.15) is 0 Å². The SMILES string of the molecule is CCN1CCC(CNC)C1c1ccc2c(c1)CCO2. The lowest BCUT2D eigenvalue weighted by molar-refractivity contribution is 0.238. The maximum Gasteiger partial charge on any atom is 0.122 e. The first-order chi connectivity index (χ1) is 9.33. The summed E-state index contributed by atoms with van der Waals surface area (Å²) in [5.74, 6) is 1.82. The van der Waals surface area contributed by atoms with Crippen molar-refractivity contribution in [1.82, 2.24) is 10.2 Å². The van der Waals surface area contributed by atoms with E-state index in [0.717, 1.165) is 37.8 Å². The molecule has 0 aromatic heterocycles. The Labute approximate surface area is 115 Å². The highest BCUT2D eigenvalue weighted by atomic mass is 16.5. The smallest absolute Gasteiger partial charge is 0.122 e. The first kappa shape index (κ1) is 12.9. The molecule has 2 aliphatic heterocycles. The summed E-state index contributed by atoms with van der Waals surface area (Å²) < 4.78 is 5.62. The molecule has 2 heterocycles. The monoisotopic (exact) mass is 260 g/mol. The third-order valence-corrected chi connectivity index (χ3v) is 4.55. The van der Waals surface area contributed by atoms with Gasteiger partial charge in [0.25, 0.3) is 0 Å². The average molecular weight is 260 g/mol. The van der Waals surface area contributed by atoms with E-state index < -0.39 is 0 Å². The molecule has 1 aromatic carbocycles. The van der Waals surface area contributed by atoms with Crippen molar-refractivity contribution < 1.29 is 4.74 Å². The minimum atomic E-state index is 0.573. The van der Waals surface area contributed by atoms with Crippen LogP contribution in [0, 0.1) is 5.92 Å². The summed E-state index contributed by atoms with van der Waals surface area (Å²) in [5.41, 5.74) is 2.87. The van der Waals surface area contributed by atoms with Crippen LogP contribution >= 0.6 is 0 Å². The van der Waals surface area contributed by atoms with Gasteiger partial charge in [-0.3, -0.25) is 4.90 Å². The van der Waals surface area contributed by atoms with Gasteiger partial charge in [0, 0.05) is 12.5 Å². The van der Waals surface area contributed by atoms with Crippen LogP contribution < -0.4 is 10.1 Å². The number of hydrogen-bond acceptors (Lipinski definition) is 3. The summed E-state index contributed by atoms with van der Waals surface area (Å²) >= 11 is 0. The Balaban J connectivity index is 1.88. The summed E-state index contributed by atoms with van der Waals surface area (Å²) in [6.07, 6.45) is 2.37. The number of rotatable bonds is 4. The van der Waals surface area contributed by atoms with Gasteiger partial charge in [0.1, 0.15) is 5.75 Å². The van der Waals surface area contributed by atoms with Gasteiger partial charge >= 0.3 is 0 Å². The van der Waals surface area contributed by atoms with Crippen LogP contribution in [0.1, 0.15) is 30.5 Å². The highest BCUT2D eigenvalue weighted by molar-refractivity contribution is 5.41. The van der Waals surface area contributed by atoms with E-state index in [9.17, 15) is 0 Å². The molecule has 1 saturated heterocycles. The van der Waals surface area contributed by atoms with E-state index in [1.54, 1.807) is 0 Å². The predicted molar refractivity (Wildman–Crippen MR) is 77.7 cm³/mol. The minimum absolute atomic E-state index is 0.573. The third-order valence-electron chi connectivity index (χ3n) is 4.55. The van der Waals surface area contributed by atoms with Crippen molar-refractivity contribution in [3.05, 3.63) is 29.3 Å². The summed E-state index contributed by atoms with van der Waals surface area (Å²) in [6.45, 7) is 6.58. The van der Waals surface area contributed by atoms with E-state index in [1.165, 1.54) is 24.1 Å². The van der Waals surface area contributed by atoms with E-state index in [-0.39, 0.29) is 0 Å². The molecule has 2 unspecified atom stereocenters. The van der Waals surface area contributed by atoms with Crippen molar-refractivity contribution in [2.24, 2.45) is 5.92 Å². The van der Waals surface area contributed by atoms with Gasteiger partial charge in [-0.1, -0.05) is 19.1 Å². The molecule has 2 aliphatic rings. The Bertz CT molecular complexity index is 446. The second kappa shape index (κ2) is 5.51. The van der Waals surface area contributed by atoms with Gasteiger partial charge in [-0.25, -0.2) is 0 Å². The highest BCUT2D eigenvalue weighted by Crippen LogP contribution is 2.39. The van der Waals surface area contributed by atoms with E-state index in [4.69, 9.17) is 4.74 Å². The van der Waals surface area contributed by atoms with Gasteiger partial charge in [0.05, 0.1) is 6.61 Å². The molecule has 19 heavy (non-hydrogen) atoms. The largest absolute Gasteiger partial charge is 0.493 e. The number of hydrogen-bond donors (Lipinski definition) is 1. The fourth-order valence-corrected chi connectivity index (χ4v) is 3.63. The molecule has 0 radical (unpaired) electrons. The van der Waals surface area contributed by atoms with Crippen molar-refractivity contribution >= 4 is 0 Å². The Morgan fingerprint density at radius 2 is 2.32 bits per heavy atom. The summed E-state index contributed by atoms with van der Waals surface area (Å²) in [7, 11) is 2.06. The Kier molecular flexibility index (Phi) is 3.76. The van der Waals surface area contributed by atoms with Crippen molar-refractivity contribution in [3.63, 3.8) is 0 Å². The van der Waals surface area contributed by atoms with Crippen LogP contribution in [0.25, 0.3) is 0 Å². The Morgan fingerprint density at radius 3 is 3.11 bits per heavy atom. The number of nitrogens with one attached hydrogen (secondary N) is 1. The molecule has 1 fully saturated rings. The van der Waals surface area contributed by atoms with E-state index in [1.807, 2.05) is 0 Å². The molecule has 0 spiro atoms. The van der Waals surface area contributed by atoms with Crippen molar-refractivity contribution in [3.8, 4) is 5.75 Å². The van der Waals surface area contributed by atoms with Gasteiger partial charge < -0.3 is 10.1 Å². The van der Waals surface area contributed by atoms with Gasteiger partial charge in [0.15, 0.2) is 0 Å². The number of fused-ring (bicyclic) bond motifs is 1. The lowest BCUT2D eigenvalue weighted by Gasteiger charge is -2.28. The molecule has 0 bridgehead atoms. The molecule has 3 heteroatoms. The molecule has 0 aliphatic carbocycles. The van der Waals surface area contributed by atoms with E-state index in [2.05, 4.69) is 42.4 Å². The van der Waals surface area contributed by atoms with E-state index >= 15 is 0 Å². The maximum absolute atomic E-state index is 5.62. The molecule has 0 saturated carbocycles. The Morgan fingerprint density at radius 1 is 1.42 bits per heavy atom. The zero-order chi connectivity index (χ0) is 13.2. The van der Waals surface area contributed by atoms with Crippen molar-refractivity contribution in [2.45, 2.75) is 25.8 Å². The molecule has 1 aromatic rings. The quantitative estimate of drug-likeness (QED) is 0.898. The lowest BCUT2D eigenvalue weighted by atomic mass is 9.92. The molecule has 3 nitrogen and oxygen atoms in total. The summed E-state index contributed by atoms with van der Waals surface area (Å²) in [6, 6.07) is 7.39. The van der Waals surface area contributed by atoms with Crippen molar-refractivity contribution in [1.29, 1.82) is 0 Å². The number of ether oxygens (including phenoxy) is 1. The fraction of sp³-hybridized carbons (Fsp3) is 0.625. The van der Waals surface area contributed by atoms with Gasteiger partial charge in [-0.05, 0) is 56.2 Å². The minimum Gasteiger partial charge on any atom is -0.493 e. The second-order valence-corrected chi connectivity index (χ2v) is 5.65. The molecular weight excluding hydrogens is 236 g/mol. The average Bonchev–Trinajstić information content (AvgIpc) is 3.04. The summed E-state index contributed by atoms with van der Waals surface area (Å²) in [4.78, 5) is 2.61.